The molecule has 0 saturated carbocycles. The van der Waals surface area contributed by atoms with Crippen LogP contribution in [-0.4, -0.2) is 31.4 Å². The number of rotatable bonds is 5. The summed E-state index contributed by atoms with van der Waals surface area (Å²) in [5, 5.41) is 10.4. The highest BCUT2D eigenvalue weighted by Gasteiger charge is 2.18. The zero-order valence-corrected chi connectivity index (χ0v) is 11.7. The van der Waals surface area contributed by atoms with E-state index in [0.717, 1.165) is 0 Å². The molecule has 1 N–H and O–H groups in total. The number of aromatic nitrogens is 1. The third-order valence-corrected chi connectivity index (χ3v) is 3.00. The minimum atomic E-state index is -0.808. The minimum absolute atomic E-state index is 0.497. The predicted molar refractivity (Wildman–Crippen MR) is 74.4 cm³/mol. The van der Waals surface area contributed by atoms with E-state index < -0.39 is 6.10 Å². The van der Waals surface area contributed by atoms with E-state index >= 15 is 0 Å². The van der Waals surface area contributed by atoms with Gasteiger partial charge >= 0.3 is 0 Å². The minimum Gasteiger partial charge on any atom is -0.493 e. The van der Waals surface area contributed by atoms with Crippen molar-refractivity contribution in [1.82, 2.24) is 4.98 Å². The Morgan fingerprint density at radius 2 is 1.65 bits per heavy atom. The summed E-state index contributed by atoms with van der Waals surface area (Å²) in [6.45, 7) is 0. The zero-order chi connectivity index (χ0) is 14.5. The lowest BCUT2D eigenvalue weighted by atomic mass is 10.0. The van der Waals surface area contributed by atoms with Crippen LogP contribution in [-0.2, 0) is 0 Å². The molecule has 2 aromatic rings. The lowest BCUT2D eigenvalue weighted by Gasteiger charge is -2.17. The largest absolute Gasteiger partial charge is 0.493 e. The van der Waals surface area contributed by atoms with Crippen molar-refractivity contribution in [2.75, 3.05) is 21.3 Å². The molecule has 0 radical (unpaired) electrons. The van der Waals surface area contributed by atoms with Crippen molar-refractivity contribution < 1.29 is 19.3 Å². The molecule has 0 fully saturated rings. The third-order valence-electron chi connectivity index (χ3n) is 3.00. The maximum atomic E-state index is 10.4. The molecule has 0 aliphatic carbocycles. The van der Waals surface area contributed by atoms with E-state index in [2.05, 4.69) is 4.98 Å². The molecule has 20 heavy (non-hydrogen) atoms. The number of nitrogens with zero attached hydrogens (tertiary/aromatic N) is 1. The second kappa shape index (κ2) is 6.25. The van der Waals surface area contributed by atoms with Crippen LogP contribution in [0.5, 0.6) is 17.2 Å². The Kier molecular flexibility index (Phi) is 4.42. The Bertz CT molecular complexity index is 546. The first-order chi connectivity index (χ1) is 9.71. The van der Waals surface area contributed by atoms with Crippen LogP contribution in [0.4, 0.5) is 0 Å². The molecule has 2 rings (SSSR count). The zero-order valence-electron chi connectivity index (χ0n) is 11.7. The molecule has 1 heterocycles. The Morgan fingerprint density at radius 1 is 1.00 bits per heavy atom. The summed E-state index contributed by atoms with van der Waals surface area (Å²) in [6.07, 6.45) is 2.47. The van der Waals surface area contributed by atoms with Crippen LogP contribution >= 0.6 is 0 Å². The number of pyridine rings is 1. The van der Waals surface area contributed by atoms with E-state index in [4.69, 9.17) is 14.2 Å². The van der Waals surface area contributed by atoms with Gasteiger partial charge in [0, 0.05) is 18.0 Å². The van der Waals surface area contributed by atoms with Gasteiger partial charge in [0.05, 0.1) is 21.3 Å². The Balaban J connectivity index is 2.47. The summed E-state index contributed by atoms with van der Waals surface area (Å²) in [5.74, 6) is 1.51. The molecule has 0 spiro atoms. The van der Waals surface area contributed by atoms with Gasteiger partial charge in [-0.05, 0) is 23.8 Å². The highest BCUT2D eigenvalue weighted by molar-refractivity contribution is 5.55. The number of aliphatic hydroxyl groups excluding tert-OH is 1. The van der Waals surface area contributed by atoms with Gasteiger partial charge < -0.3 is 19.3 Å². The summed E-state index contributed by atoms with van der Waals surface area (Å²) in [4.78, 5) is 4.00. The lowest BCUT2D eigenvalue weighted by molar-refractivity contribution is 0.218. The number of benzene rings is 1. The number of hydrogen-bond donors (Lipinski definition) is 1. The van der Waals surface area contributed by atoms with Gasteiger partial charge in [-0.25, -0.2) is 0 Å². The number of hydrogen-bond acceptors (Lipinski definition) is 5. The van der Waals surface area contributed by atoms with Crippen LogP contribution in [0.15, 0.2) is 36.7 Å². The van der Waals surface area contributed by atoms with Crippen LogP contribution in [0, 0.1) is 0 Å². The monoisotopic (exact) mass is 275 g/mol. The van der Waals surface area contributed by atoms with E-state index in [1.165, 1.54) is 21.3 Å². The smallest absolute Gasteiger partial charge is 0.203 e. The van der Waals surface area contributed by atoms with Crippen molar-refractivity contribution in [3.63, 3.8) is 0 Å². The van der Waals surface area contributed by atoms with Gasteiger partial charge in [0.15, 0.2) is 11.5 Å². The highest BCUT2D eigenvalue weighted by atomic mass is 16.5. The van der Waals surface area contributed by atoms with Crippen LogP contribution in [0.1, 0.15) is 17.2 Å². The highest BCUT2D eigenvalue weighted by Crippen LogP contribution is 2.40. The fraction of sp³-hybridized carbons (Fsp3) is 0.267. The molecule has 5 nitrogen and oxygen atoms in total. The Hall–Kier alpha value is -2.27. The fourth-order valence-corrected chi connectivity index (χ4v) is 1.99. The summed E-state index contributed by atoms with van der Waals surface area (Å²) in [7, 11) is 4.62. The number of methoxy groups -OCH3 is 3. The van der Waals surface area contributed by atoms with Gasteiger partial charge in [0.2, 0.25) is 5.75 Å². The van der Waals surface area contributed by atoms with Crippen molar-refractivity contribution in [3.05, 3.63) is 47.8 Å². The molecule has 0 amide bonds. The van der Waals surface area contributed by atoms with Crippen molar-refractivity contribution >= 4 is 0 Å². The molecule has 0 saturated heterocycles. The van der Waals surface area contributed by atoms with Gasteiger partial charge in [-0.3, -0.25) is 4.98 Å². The van der Waals surface area contributed by atoms with Crippen LogP contribution in [0.2, 0.25) is 0 Å². The topological polar surface area (TPSA) is 60.8 Å². The molecule has 1 aromatic heterocycles. The van der Waals surface area contributed by atoms with E-state index in [0.29, 0.717) is 28.4 Å². The number of aliphatic hydroxyl groups is 1. The molecule has 106 valence electrons. The molecule has 0 bridgehead atoms. The van der Waals surface area contributed by atoms with Gasteiger partial charge in [-0.1, -0.05) is 6.07 Å². The standard InChI is InChI=1S/C15H17NO4/c1-18-12-7-11(8-13(19-2)15(12)20-3)14(17)10-5-4-6-16-9-10/h4-9,14,17H,1-3H3. The van der Waals surface area contributed by atoms with Crippen LogP contribution < -0.4 is 14.2 Å². The predicted octanol–water partition coefficient (Wildman–Crippen LogP) is 2.19. The van der Waals surface area contributed by atoms with Gasteiger partial charge in [0.25, 0.3) is 0 Å². The molecule has 5 heteroatoms. The quantitative estimate of drug-likeness (QED) is 0.906. The molecule has 0 aliphatic rings. The van der Waals surface area contributed by atoms with Crippen LogP contribution in [0.25, 0.3) is 0 Å². The first-order valence-corrected chi connectivity index (χ1v) is 6.09. The second-order valence-corrected chi connectivity index (χ2v) is 4.15. The first-order valence-electron chi connectivity index (χ1n) is 6.09. The van der Waals surface area contributed by atoms with Crippen molar-refractivity contribution in [2.24, 2.45) is 0 Å². The fourth-order valence-electron chi connectivity index (χ4n) is 1.99. The SMILES string of the molecule is COc1cc(C(O)c2cccnc2)cc(OC)c1OC. The average Bonchev–Trinajstić information content (AvgIpc) is 2.53. The molecule has 1 unspecified atom stereocenters. The van der Waals surface area contributed by atoms with Crippen molar-refractivity contribution in [1.29, 1.82) is 0 Å². The van der Waals surface area contributed by atoms with Crippen molar-refractivity contribution in [3.8, 4) is 17.2 Å². The summed E-state index contributed by atoms with van der Waals surface area (Å²) in [5.41, 5.74) is 1.34. The maximum absolute atomic E-state index is 10.4. The van der Waals surface area contributed by atoms with Crippen molar-refractivity contribution in [2.45, 2.75) is 6.10 Å². The Labute approximate surface area is 117 Å². The Morgan fingerprint density at radius 3 is 2.10 bits per heavy atom. The molecule has 1 aromatic carbocycles. The van der Waals surface area contributed by atoms with E-state index in [9.17, 15) is 5.11 Å². The van der Waals surface area contributed by atoms with Crippen LogP contribution in [0.3, 0.4) is 0 Å². The summed E-state index contributed by atoms with van der Waals surface area (Å²) in [6, 6.07) is 7.02. The lowest BCUT2D eigenvalue weighted by Crippen LogP contribution is -2.03. The van der Waals surface area contributed by atoms with E-state index in [1.54, 1.807) is 36.7 Å². The molecular weight excluding hydrogens is 258 g/mol. The first kappa shape index (κ1) is 14.1. The normalized spacial score (nSPS) is 11.8. The van der Waals surface area contributed by atoms with Gasteiger partial charge in [-0.15, -0.1) is 0 Å². The number of ether oxygens (including phenoxy) is 3. The van der Waals surface area contributed by atoms with E-state index in [-0.39, 0.29) is 0 Å². The molecule has 0 aliphatic heterocycles. The summed E-state index contributed by atoms with van der Waals surface area (Å²) < 4.78 is 15.8. The van der Waals surface area contributed by atoms with Gasteiger partial charge in [-0.2, -0.15) is 0 Å². The summed E-state index contributed by atoms with van der Waals surface area (Å²) >= 11 is 0. The molecular formula is C15H17NO4. The second-order valence-electron chi connectivity index (χ2n) is 4.15. The third kappa shape index (κ3) is 2.67. The maximum Gasteiger partial charge on any atom is 0.203 e. The average molecular weight is 275 g/mol. The van der Waals surface area contributed by atoms with E-state index in [1.807, 2.05) is 0 Å². The molecule has 1 atom stereocenters. The van der Waals surface area contributed by atoms with Gasteiger partial charge in [0.1, 0.15) is 6.10 Å².